The average Bonchev–Trinajstić information content (AvgIpc) is 3.09. The average molecular weight is 513 g/mol. The second-order valence-electron chi connectivity index (χ2n) is 8.32. The number of aliphatic imine (C=N–C) groups is 1. The first-order valence-electron chi connectivity index (χ1n) is 10.8. The van der Waals surface area contributed by atoms with Gasteiger partial charge in [-0.1, -0.05) is 30.3 Å². The molecule has 0 aliphatic carbocycles. The number of ether oxygens (including phenoxy) is 1. The van der Waals surface area contributed by atoms with Gasteiger partial charge in [0.05, 0.1) is 7.11 Å². The second-order valence-corrected chi connectivity index (χ2v) is 10.1. The summed E-state index contributed by atoms with van der Waals surface area (Å²) in [7, 11) is 1.61. The molecule has 1 aliphatic rings. The Hall–Kier alpha value is -3.96. The molecule has 4 rings (SSSR count). The number of rotatable bonds is 7. The zero-order valence-corrected chi connectivity index (χ0v) is 20.9. The fourth-order valence-electron chi connectivity index (χ4n) is 3.92. The van der Waals surface area contributed by atoms with Crippen molar-refractivity contribution in [1.82, 2.24) is 9.21 Å². The fraction of sp³-hybridized carbons (Fsp3) is 0.200. The lowest BCUT2D eigenvalue weighted by molar-refractivity contribution is -0.129. The van der Waals surface area contributed by atoms with E-state index in [1.54, 1.807) is 36.4 Å². The Morgan fingerprint density at radius 1 is 1.00 bits per heavy atom. The Labute approximate surface area is 208 Å². The molecule has 0 fully saturated rings. The maximum atomic E-state index is 15.0. The highest BCUT2D eigenvalue weighted by Gasteiger charge is 2.50. The zero-order valence-electron chi connectivity index (χ0n) is 20.1. The van der Waals surface area contributed by atoms with Crippen LogP contribution in [0.4, 0.5) is 4.39 Å². The Balaban J connectivity index is 1.92. The minimum absolute atomic E-state index is 0.0215. The fourth-order valence-corrected chi connectivity index (χ4v) is 4.41. The summed E-state index contributed by atoms with van der Waals surface area (Å²) in [5.74, 6) is -0.521. The molecule has 1 unspecified atom stereocenters. The topological polar surface area (TPSA) is 115 Å². The first-order valence-corrected chi connectivity index (χ1v) is 12.2. The summed E-state index contributed by atoms with van der Waals surface area (Å²) < 4.78 is 50.9. The molecular weight excluding hydrogens is 487 g/mol. The van der Waals surface area contributed by atoms with E-state index in [4.69, 9.17) is 14.7 Å². The first-order chi connectivity index (χ1) is 17.0. The van der Waals surface area contributed by atoms with E-state index in [1.165, 1.54) is 63.5 Å². The van der Waals surface area contributed by atoms with Gasteiger partial charge in [-0.15, -0.1) is 0 Å². The van der Waals surface area contributed by atoms with E-state index in [9.17, 15) is 17.6 Å². The van der Waals surface area contributed by atoms with E-state index >= 15 is 0 Å². The molecule has 1 amide bonds. The van der Waals surface area contributed by atoms with Gasteiger partial charge < -0.3 is 14.7 Å². The van der Waals surface area contributed by atoms with Crippen molar-refractivity contribution in [1.29, 1.82) is 0 Å². The third-order valence-electron chi connectivity index (χ3n) is 5.91. The normalized spacial score (nSPS) is 17.9. The highest BCUT2D eigenvalue weighted by molar-refractivity contribution is 7.84. The van der Waals surface area contributed by atoms with Crippen LogP contribution in [0.1, 0.15) is 11.1 Å². The lowest BCUT2D eigenvalue weighted by Gasteiger charge is -2.27. The number of guanidine groups is 1. The van der Waals surface area contributed by atoms with E-state index in [-0.39, 0.29) is 17.3 Å². The van der Waals surface area contributed by atoms with Crippen LogP contribution in [0.15, 0.2) is 71.7 Å². The van der Waals surface area contributed by atoms with Crippen molar-refractivity contribution < 1.29 is 26.5 Å². The number of carbonyl (C=O) groups excluding carboxylic acids is 1. The summed E-state index contributed by atoms with van der Waals surface area (Å²) in [6.45, 7) is 0. The summed E-state index contributed by atoms with van der Waals surface area (Å²) in [6.07, 6.45) is 0. The van der Waals surface area contributed by atoms with Crippen LogP contribution in [0, 0.1) is 5.82 Å². The van der Waals surface area contributed by atoms with Crippen molar-refractivity contribution in [2.75, 3.05) is 28.3 Å². The SMILES string of the molecule is COc1cccc(-c2cc(C3(c4cccc(OS(=O)(=O)N(C)C)c4)N=C(N)N(C)C3=O)ccc2F)c1. The molecule has 3 aromatic carbocycles. The van der Waals surface area contributed by atoms with Gasteiger partial charge in [-0.3, -0.25) is 9.69 Å². The monoisotopic (exact) mass is 512 g/mol. The highest BCUT2D eigenvalue weighted by Crippen LogP contribution is 2.42. The maximum absolute atomic E-state index is 15.0. The Morgan fingerprint density at radius 3 is 2.31 bits per heavy atom. The summed E-state index contributed by atoms with van der Waals surface area (Å²) in [4.78, 5) is 19.3. The van der Waals surface area contributed by atoms with Crippen molar-refractivity contribution >= 4 is 22.2 Å². The number of methoxy groups -OCH3 is 1. The number of likely N-dealkylation sites (N-methyl/N-ethyl adjacent to an activating group) is 1. The van der Waals surface area contributed by atoms with Crippen molar-refractivity contribution in [3.05, 3.63) is 83.7 Å². The van der Waals surface area contributed by atoms with Gasteiger partial charge in [0.15, 0.2) is 11.5 Å². The van der Waals surface area contributed by atoms with Crippen molar-refractivity contribution in [3.8, 4) is 22.6 Å². The molecule has 0 bridgehead atoms. The number of nitrogens with zero attached hydrogens (tertiary/aromatic N) is 3. The predicted molar refractivity (Wildman–Crippen MR) is 133 cm³/mol. The Bertz CT molecular complexity index is 1470. The van der Waals surface area contributed by atoms with E-state index < -0.39 is 27.6 Å². The number of nitrogens with two attached hydrogens (primary N) is 1. The van der Waals surface area contributed by atoms with Crippen molar-refractivity contribution in [2.24, 2.45) is 10.7 Å². The van der Waals surface area contributed by atoms with Crippen LogP contribution in [-0.2, 0) is 20.6 Å². The molecule has 9 nitrogen and oxygen atoms in total. The molecule has 36 heavy (non-hydrogen) atoms. The van der Waals surface area contributed by atoms with E-state index in [0.29, 0.717) is 22.4 Å². The molecule has 1 heterocycles. The largest absolute Gasteiger partial charge is 0.497 e. The molecule has 0 saturated heterocycles. The van der Waals surface area contributed by atoms with Crippen LogP contribution < -0.4 is 14.7 Å². The van der Waals surface area contributed by atoms with E-state index in [2.05, 4.69) is 4.99 Å². The van der Waals surface area contributed by atoms with Gasteiger partial charge in [0.25, 0.3) is 5.91 Å². The van der Waals surface area contributed by atoms with Crippen LogP contribution in [0.2, 0.25) is 0 Å². The Morgan fingerprint density at radius 2 is 1.67 bits per heavy atom. The molecule has 0 saturated carbocycles. The number of amides is 1. The molecular formula is C25H25FN4O5S. The van der Waals surface area contributed by atoms with Gasteiger partial charge in [-0.25, -0.2) is 9.38 Å². The molecule has 2 N–H and O–H groups in total. The number of hydrogen-bond donors (Lipinski definition) is 1. The second kappa shape index (κ2) is 9.25. The zero-order chi connectivity index (χ0) is 26.3. The summed E-state index contributed by atoms with van der Waals surface area (Å²) in [5, 5.41) is 0. The number of halogens is 1. The maximum Gasteiger partial charge on any atom is 0.384 e. The molecule has 1 atom stereocenters. The molecule has 188 valence electrons. The lowest BCUT2D eigenvalue weighted by Crippen LogP contribution is -2.41. The summed E-state index contributed by atoms with van der Waals surface area (Å²) >= 11 is 0. The van der Waals surface area contributed by atoms with Gasteiger partial charge in [0.2, 0.25) is 0 Å². The van der Waals surface area contributed by atoms with Crippen LogP contribution in [0.5, 0.6) is 11.5 Å². The Kier molecular flexibility index (Phi) is 6.46. The van der Waals surface area contributed by atoms with Gasteiger partial charge >= 0.3 is 10.3 Å². The van der Waals surface area contributed by atoms with Crippen LogP contribution in [-0.4, -0.2) is 57.7 Å². The highest BCUT2D eigenvalue weighted by atomic mass is 32.2. The minimum Gasteiger partial charge on any atom is -0.497 e. The molecule has 3 aromatic rings. The summed E-state index contributed by atoms with van der Waals surface area (Å²) in [6, 6.07) is 17.1. The molecule has 0 aromatic heterocycles. The van der Waals surface area contributed by atoms with Gasteiger partial charge in [0, 0.05) is 26.7 Å². The van der Waals surface area contributed by atoms with Gasteiger partial charge in [0.1, 0.15) is 17.3 Å². The lowest BCUT2D eigenvalue weighted by atomic mass is 9.81. The smallest absolute Gasteiger partial charge is 0.384 e. The first kappa shape index (κ1) is 25.1. The minimum atomic E-state index is -4.05. The van der Waals surface area contributed by atoms with Crippen molar-refractivity contribution in [3.63, 3.8) is 0 Å². The number of carbonyl (C=O) groups is 1. The number of hydrogen-bond acceptors (Lipinski definition) is 7. The van der Waals surface area contributed by atoms with Gasteiger partial charge in [-0.05, 0) is 53.1 Å². The van der Waals surface area contributed by atoms with Crippen LogP contribution in [0.25, 0.3) is 11.1 Å². The van der Waals surface area contributed by atoms with Gasteiger partial charge in [-0.2, -0.15) is 12.7 Å². The molecule has 11 heteroatoms. The third kappa shape index (κ3) is 4.27. The van der Waals surface area contributed by atoms with Crippen molar-refractivity contribution in [2.45, 2.75) is 5.54 Å². The molecule has 0 spiro atoms. The standard InChI is InChI=1S/C25H25FN4O5S/c1-29(2)36(32,33)35-20-10-6-8-17(14-20)25(23(31)30(3)24(27)28-25)18-11-12-22(26)21(15-18)16-7-5-9-19(13-16)34-4/h5-15H,1-4H3,(H2,27,28). The molecule has 0 radical (unpaired) electrons. The molecule has 1 aliphatic heterocycles. The quantitative estimate of drug-likeness (QED) is 0.521. The van der Waals surface area contributed by atoms with Crippen LogP contribution >= 0.6 is 0 Å². The third-order valence-corrected chi connectivity index (χ3v) is 7.20. The van der Waals surface area contributed by atoms with E-state index in [1.807, 2.05) is 0 Å². The summed E-state index contributed by atoms with van der Waals surface area (Å²) in [5.41, 5.74) is 5.76. The van der Waals surface area contributed by atoms with Crippen LogP contribution in [0.3, 0.4) is 0 Å². The number of benzene rings is 3. The van der Waals surface area contributed by atoms with E-state index in [0.717, 1.165) is 4.31 Å². The predicted octanol–water partition coefficient (Wildman–Crippen LogP) is 2.72.